The number of nitrogens with one attached hydrogen (secondary N) is 1. The largest absolute Gasteiger partial charge is 0.478 e. The Morgan fingerprint density at radius 2 is 1.95 bits per heavy atom. The van der Waals surface area contributed by atoms with Gasteiger partial charge in [-0.15, -0.1) is 0 Å². The predicted molar refractivity (Wildman–Crippen MR) is 75.6 cm³/mol. The number of carboxylic acid groups (broad SMARTS) is 1. The van der Waals surface area contributed by atoms with Crippen molar-refractivity contribution in [2.75, 3.05) is 0 Å². The van der Waals surface area contributed by atoms with E-state index in [1.165, 1.54) is 0 Å². The van der Waals surface area contributed by atoms with Crippen molar-refractivity contribution >= 4 is 12.0 Å². The topological polar surface area (TPSA) is 69.6 Å². The first-order valence-electron chi connectivity index (χ1n) is 6.74. The van der Waals surface area contributed by atoms with Crippen LogP contribution < -0.4 is 5.32 Å². The lowest BCUT2D eigenvalue weighted by Gasteiger charge is -2.28. The van der Waals surface area contributed by atoms with Gasteiger partial charge < -0.3 is 15.3 Å². The number of hydrogen-bond acceptors (Lipinski definition) is 2. The summed E-state index contributed by atoms with van der Waals surface area (Å²) in [5.74, 6) is -0.942. The maximum absolute atomic E-state index is 12.2. The first-order chi connectivity index (χ1) is 9.32. The van der Waals surface area contributed by atoms with Crippen LogP contribution in [0.2, 0.25) is 0 Å². The molecular formula is C15H20N2O3. The Kier molecular flexibility index (Phi) is 3.70. The molecule has 0 saturated heterocycles. The molecule has 1 aromatic rings. The van der Waals surface area contributed by atoms with Crippen LogP contribution in [0.25, 0.3) is 0 Å². The summed E-state index contributed by atoms with van der Waals surface area (Å²) < 4.78 is 0. The number of fused-ring (bicyclic) bond motifs is 1. The molecule has 1 aromatic carbocycles. The number of nitrogens with zero attached hydrogens (tertiary/aromatic N) is 1. The van der Waals surface area contributed by atoms with Gasteiger partial charge in [0, 0.05) is 18.6 Å². The molecule has 0 radical (unpaired) electrons. The van der Waals surface area contributed by atoms with Gasteiger partial charge in [0.25, 0.3) is 0 Å². The number of amides is 2. The highest BCUT2D eigenvalue weighted by atomic mass is 16.4. The van der Waals surface area contributed by atoms with E-state index in [2.05, 4.69) is 5.32 Å². The van der Waals surface area contributed by atoms with E-state index in [0.717, 1.165) is 17.5 Å². The van der Waals surface area contributed by atoms with Crippen LogP contribution in [0, 0.1) is 0 Å². The Morgan fingerprint density at radius 3 is 2.55 bits per heavy atom. The highest BCUT2D eigenvalue weighted by molar-refractivity contribution is 5.88. The van der Waals surface area contributed by atoms with Crippen LogP contribution in [0.3, 0.4) is 0 Å². The second kappa shape index (κ2) is 5.15. The maximum atomic E-state index is 12.2. The minimum atomic E-state index is -0.942. The maximum Gasteiger partial charge on any atom is 0.335 e. The zero-order valence-electron chi connectivity index (χ0n) is 12.1. The summed E-state index contributed by atoms with van der Waals surface area (Å²) in [6, 6.07) is 4.91. The monoisotopic (exact) mass is 276 g/mol. The molecule has 2 N–H and O–H groups in total. The smallest absolute Gasteiger partial charge is 0.335 e. The van der Waals surface area contributed by atoms with Gasteiger partial charge in [0.2, 0.25) is 0 Å². The number of benzene rings is 1. The lowest BCUT2D eigenvalue weighted by molar-refractivity contribution is 0.0696. The summed E-state index contributed by atoms with van der Waals surface area (Å²) in [6.07, 6.45) is 0.850. The minimum Gasteiger partial charge on any atom is -0.478 e. The molecule has 0 aromatic heterocycles. The normalized spacial score (nSPS) is 14.1. The Labute approximate surface area is 118 Å². The quantitative estimate of drug-likeness (QED) is 0.891. The third-order valence-corrected chi connectivity index (χ3v) is 3.79. The van der Waals surface area contributed by atoms with Crippen molar-refractivity contribution in [3.63, 3.8) is 0 Å². The SMILES string of the molecule is CCC(C)(C)NC(=O)N1Cc2ccc(C(=O)O)cc2C1. The molecule has 1 heterocycles. The molecule has 108 valence electrons. The fourth-order valence-corrected chi connectivity index (χ4v) is 2.13. The van der Waals surface area contributed by atoms with Gasteiger partial charge in [-0.25, -0.2) is 9.59 Å². The van der Waals surface area contributed by atoms with Crippen LogP contribution in [0.4, 0.5) is 4.79 Å². The molecule has 5 heteroatoms. The predicted octanol–water partition coefficient (Wildman–Crippen LogP) is 2.60. The number of rotatable bonds is 3. The first kappa shape index (κ1) is 14.4. The summed E-state index contributed by atoms with van der Waals surface area (Å²) in [6.45, 7) is 6.98. The average Bonchev–Trinajstić information content (AvgIpc) is 2.81. The standard InChI is InChI=1S/C15H20N2O3/c1-4-15(2,3)16-14(20)17-8-11-6-5-10(13(18)19)7-12(11)9-17/h5-7H,4,8-9H2,1-3H3,(H,16,20)(H,18,19). The van der Waals surface area contributed by atoms with Gasteiger partial charge in [-0.05, 0) is 43.5 Å². The van der Waals surface area contributed by atoms with E-state index in [1.54, 1.807) is 23.1 Å². The molecule has 20 heavy (non-hydrogen) atoms. The van der Waals surface area contributed by atoms with E-state index in [4.69, 9.17) is 5.11 Å². The van der Waals surface area contributed by atoms with E-state index in [0.29, 0.717) is 13.1 Å². The number of carbonyl (C=O) groups is 2. The first-order valence-corrected chi connectivity index (χ1v) is 6.74. The van der Waals surface area contributed by atoms with Gasteiger partial charge in [0.15, 0.2) is 0 Å². The van der Waals surface area contributed by atoms with Crippen molar-refractivity contribution in [2.24, 2.45) is 0 Å². The van der Waals surface area contributed by atoms with E-state index < -0.39 is 5.97 Å². The molecule has 0 saturated carbocycles. The summed E-state index contributed by atoms with van der Waals surface area (Å²) in [5.41, 5.74) is 1.95. The van der Waals surface area contributed by atoms with Gasteiger partial charge in [0.05, 0.1) is 5.56 Å². The van der Waals surface area contributed by atoms with Gasteiger partial charge in [-0.1, -0.05) is 13.0 Å². The van der Waals surface area contributed by atoms with Crippen molar-refractivity contribution in [3.05, 3.63) is 34.9 Å². The lowest BCUT2D eigenvalue weighted by atomic mass is 10.0. The molecule has 0 spiro atoms. The van der Waals surface area contributed by atoms with E-state index in [-0.39, 0.29) is 17.1 Å². The lowest BCUT2D eigenvalue weighted by Crippen LogP contribution is -2.48. The minimum absolute atomic E-state index is 0.107. The number of aromatic carboxylic acids is 1. The molecule has 0 atom stereocenters. The van der Waals surface area contributed by atoms with Crippen LogP contribution in [-0.4, -0.2) is 27.5 Å². The fourth-order valence-electron chi connectivity index (χ4n) is 2.13. The third kappa shape index (κ3) is 2.92. The second-order valence-corrected chi connectivity index (χ2v) is 5.81. The van der Waals surface area contributed by atoms with Crippen molar-refractivity contribution in [2.45, 2.75) is 45.8 Å². The van der Waals surface area contributed by atoms with E-state index >= 15 is 0 Å². The van der Waals surface area contributed by atoms with Crippen molar-refractivity contribution in [1.29, 1.82) is 0 Å². The zero-order chi connectivity index (χ0) is 14.9. The molecule has 0 fully saturated rings. The average molecular weight is 276 g/mol. The Hall–Kier alpha value is -2.04. The van der Waals surface area contributed by atoms with Crippen LogP contribution >= 0.6 is 0 Å². The van der Waals surface area contributed by atoms with Crippen LogP contribution in [0.15, 0.2) is 18.2 Å². The number of carbonyl (C=O) groups excluding carboxylic acids is 1. The Bertz CT molecular complexity index is 552. The van der Waals surface area contributed by atoms with Crippen molar-refractivity contribution in [3.8, 4) is 0 Å². The van der Waals surface area contributed by atoms with Gasteiger partial charge in [-0.3, -0.25) is 0 Å². The molecule has 5 nitrogen and oxygen atoms in total. The van der Waals surface area contributed by atoms with E-state index in [9.17, 15) is 9.59 Å². The Morgan fingerprint density at radius 1 is 1.30 bits per heavy atom. The van der Waals surface area contributed by atoms with Crippen molar-refractivity contribution < 1.29 is 14.7 Å². The van der Waals surface area contributed by atoms with E-state index in [1.807, 2.05) is 20.8 Å². The highest BCUT2D eigenvalue weighted by Crippen LogP contribution is 2.24. The second-order valence-electron chi connectivity index (χ2n) is 5.81. The molecule has 2 rings (SSSR count). The molecule has 0 unspecified atom stereocenters. The van der Waals surface area contributed by atoms with Crippen molar-refractivity contribution in [1.82, 2.24) is 10.2 Å². The number of hydrogen-bond donors (Lipinski definition) is 2. The number of urea groups is 1. The van der Waals surface area contributed by atoms with Gasteiger partial charge in [0.1, 0.15) is 0 Å². The highest BCUT2D eigenvalue weighted by Gasteiger charge is 2.27. The molecule has 1 aliphatic heterocycles. The van der Waals surface area contributed by atoms with Gasteiger partial charge >= 0.3 is 12.0 Å². The zero-order valence-corrected chi connectivity index (χ0v) is 12.1. The molecule has 1 aliphatic rings. The summed E-state index contributed by atoms with van der Waals surface area (Å²) >= 11 is 0. The third-order valence-electron chi connectivity index (χ3n) is 3.79. The van der Waals surface area contributed by atoms with Crippen LogP contribution in [0.5, 0.6) is 0 Å². The number of carboxylic acids is 1. The molecule has 0 aliphatic carbocycles. The molecule has 0 bridgehead atoms. The summed E-state index contributed by atoms with van der Waals surface area (Å²) in [4.78, 5) is 24.9. The van der Waals surface area contributed by atoms with Crippen LogP contribution in [-0.2, 0) is 13.1 Å². The molecule has 2 amide bonds. The van der Waals surface area contributed by atoms with Gasteiger partial charge in [-0.2, -0.15) is 0 Å². The summed E-state index contributed by atoms with van der Waals surface area (Å²) in [5, 5.41) is 12.0. The summed E-state index contributed by atoms with van der Waals surface area (Å²) in [7, 11) is 0. The van der Waals surface area contributed by atoms with Crippen LogP contribution in [0.1, 0.15) is 48.7 Å². The molecular weight excluding hydrogens is 256 g/mol. The fraction of sp³-hybridized carbons (Fsp3) is 0.467. The Balaban J connectivity index is 2.09.